The predicted molar refractivity (Wildman–Crippen MR) is 69.1 cm³/mol. The zero-order valence-electron chi connectivity index (χ0n) is 11.1. The lowest BCUT2D eigenvalue weighted by Crippen LogP contribution is -2.04. The Morgan fingerprint density at radius 1 is 1.39 bits per heavy atom. The second kappa shape index (κ2) is 5.68. The van der Waals surface area contributed by atoms with Crippen LogP contribution in [0.4, 0.5) is 4.39 Å². The predicted octanol–water partition coefficient (Wildman–Crippen LogP) is 3.46. The smallest absolute Gasteiger partial charge is 0.163 e. The number of rotatable bonds is 3. The summed E-state index contributed by atoms with van der Waals surface area (Å²) in [6, 6.07) is 3.89. The molecule has 96 valence electrons. The van der Waals surface area contributed by atoms with Gasteiger partial charge in [-0.25, -0.2) is 4.39 Å². The van der Waals surface area contributed by atoms with Gasteiger partial charge in [0.2, 0.25) is 0 Å². The van der Waals surface area contributed by atoms with Gasteiger partial charge in [0.25, 0.3) is 0 Å². The van der Waals surface area contributed by atoms with E-state index in [9.17, 15) is 9.18 Å². The van der Waals surface area contributed by atoms with Crippen LogP contribution < -0.4 is 4.74 Å². The first kappa shape index (κ1) is 14.2. The van der Waals surface area contributed by atoms with Crippen molar-refractivity contribution in [1.82, 2.24) is 0 Å². The molecule has 3 heteroatoms. The van der Waals surface area contributed by atoms with Crippen LogP contribution in [0.3, 0.4) is 0 Å². The monoisotopic (exact) mass is 248 g/mol. The summed E-state index contributed by atoms with van der Waals surface area (Å²) in [6.45, 7) is 7.56. The molecule has 18 heavy (non-hydrogen) atoms. The summed E-state index contributed by atoms with van der Waals surface area (Å²) in [4.78, 5) is 11.3. The minimum Gasteiger partial charge on any atom is -0.480 e. The quantitative estimate of drug-likeness (QED) is 0.605. The molecule has 0 unspecified atom stereocenters. The van der Waals surface area contributed by atoms with Crippen molar-refractivity contribution in [3.05, 3.63) is 29.6 Å². The molecule has 1 aromatic rings. The van der Waals surface area contributed by atoms with Gasteiger partial charge < -0.3 is 4.74 Å². The van der Waals surface area contributed by atoms with E-state index in [1.807, 2.05) is 20.8 Å². The van der Waals surface area contributed by atoms with E-state index in [1.165, 1.54) is 25.1 Å². The van der Waals surface area contributed by atoms with Crippen molar-refractivity contribution in [1.29, 1.82) is 0 Å². The van der Waals surface area contributed by atoms with Gasteiger partial charge in [-0.3, -0.25) is 4.79 Å². The first-order valence-electron chi connectivity index (χ1n) is 5.73. The zero-order chi connectivity index (χ0) is 13.8. The van der Waals surface area contributed by atoms with Gasteiger partial charge in [-0.2, -0.15) is 0 Å². The number of hydrogen-bond donors (Lipinski definition) is 0. The van der Waals surface area contributed by atoms with Gasteiger partial charge in [0.15, 0.2) is 5.78 Å². The summed E-state index contributed by atoms with van der Waals surface area (Å²) in [7, 11) is 0. The zero-order valence-corrected chi connectivity index (χ0v) is 11.1. The fraction of sp³-hybridized carbons (Fsp3) is 0.400. The van der Waals surface area contributed by atoms with Crippen molar-refractivity contribution >= 4 is 5.78 Å². The number of halogens is 1. The Hall–Kier alpha value is -1.82. The van der Waals surface area contributed by atoms with Gasteiger partial charge in [-0.05, 0) is 45.9 Å². The fourth-order valence-corrected chi connectivity index (χ4v) is 1.32. The molecule has 1 rings (SSSR count). The van der Waals surface area contributed by atoms with Crippen molar-refractivity contribution in [2.75, 3.05) is 6.61 Å². The molecule has 0 spiro atoms. The Kier molecular flexibility index (Phi) is 4.49. The Labute approximate surface area is 107 Å². The third-order valence-electron chi connectivity index (χ3n) is 2.08. The van der Waals surface area contributed by atoms with Crippen LogP contribution in [0.1, 0.15) is 38.1 Å². The first-order chi connectivity index (χ1) is 8.29. The Morgan fingerprint density at radius 2 is 2.06 bits per heavy atom. The van der Waals surface area contributed by atoms with Gasteiger partial charge in [0, 0.05) is 5.41 Å². The maximum atomic E-state index is 13.0. The summed E-state index contributed by atoms with van der Waals surface area (Å²) < 4.78 is 18.4. The van der Waals surface area contributed by atoms with Crippen LogP contribution >= 0.6 is 0 Å². The average Bonchev–Trinajstić information content (AvgIpc) is 2.24. The lowest BCUT2D eigenvalue weighted by atomic mass is 9.98. The average molecular weight is 248 g/mol. The van der Waals surface area contributed by atoms with E-state index in [0.29, 0.717) is 5.75 Å². The third kappa shape index (κ3) is 4.58. The van der Waals surface area contributed by atoms with Crippen molar-refractivity contribution < 1.29 is 13.9 Å². The SMILES string of the molecule is CC(=O)c1cc(F)ccc1OCC#CC(C)(C)C. The first-order valence-corrected chi connectivity index (χ1v) is 5.73. The van der Waals surface area contributed by atoms with Crippen LogP contribution in [0.5, 0.6) is 5.75 Å². The highest BCUT2D eigenvalue weighted by Crippen LogP contribution is 2.20. The van der Waals surface area contributed by atoms with Gasteiger partial charge in [0.05, 0.1) is 5.56 Å². The van der Waals surface area contributed by atoms with Crippen molar-refractivity contribution in [2.45, 2.75) is 27.7 Å². The van der Waals surface area contributed by atoms with E-state index < -0.39 is 5.82 Å². The van der Waals surface area contributed by atoms with Crippen LogP contribution in [0, 0.1) is 23.1 Å². The lowest BCUT2D eigenvalue weighted by molar-refractivity contribution is 0.101. The molecular formula is C15H17FO2. The largest absolute Gasteiger partial charge is 0.480 e. The van der Waals surface area contributed by atoms with Crippen LogP contribution in [-0.2, 0) is 0 Å². The molecule has 0 heterocycles. The molecule has 0 N–H and O–H groups in total. The molecular weight excluding hydrogens is 231 g/mol. The lowest BCUT2D eigenvalue weighted by Gasteiger charge is -2.09. The maximum absolute atomic E-state index is 13.0. The minimum atomic E-state index is -0.451. The van der Waals surface area contributed by atoms with Crippen molar-refractivity contribution in [2.24, 2.45) is 5.41 Å². The highest BCUT2D eigenvalue weighted by Gasteiger charge is 2.09. The molecule has 1 aromatic carbocycles. The second-order valence-electron chi connectivity index (χ2n) is 5.04. The van der Waals surface area contributed by atoms with E-state index >= 15 is 0 Å². The molecule has 0 aromatic heterocycles. The highest BCUT2D eigenvalue weighted by molar-refractivity contribution is 5.96. The Balaban J connectivity index is 2.79. The van der Waals surface area contributed by atoms with Crippen molar-refractivity contribution in [3.8, 4) is 17.6 Å². The number of carbonyl (C=O) groups excluding carboxylic acids is 1. The van der Waals surface area contributed by atoms with E-state index in [0.717, 1.165) is 0 Å². The number of hydrogen-bond acceptors (Lipinski definition) is 2. The number of Topliss-reactive ketones (excluding diaryl/α,β-unsaturated/α-hetero) is 1. The van der Waals surface area contributed by atoms with Crippen LogP contribution in [-0.4, -0.2) is 12.4 Å². The van der Waals surface area contributed by atoms with E-state index in [2.05, 4.69) is 11.8 Å². The van der Waals surface area contributed by atoms with Crippen LogP contribution in [0.25, 0.3) is 0 Å². The van der Waals surface area contributed by atoms with Gasteiger partial charge in [0.1, 0.15) is 18.2 Å². The van der Waals surface area contributed by atoms with Crippen LogP contribution in [0.2, 0.25) is 0 Å². The molecule has 0 fully saturated rings. The van der Waals surface area contributed by atoms with Gasteiger partial charge in [-0.15, -0.1) is 0 Å². The van der Waals surface area contributed by atoms with Gasteiger partial charge >= 0.3 is 0 Å². The van der Waals surface area contributed by atoms with E-state index in [4.69, 9.17) is 4.74 Å². The number of carbonyl (C=O) groups is 1. The molecule has 0 amide bonds. The summed E-state index contributed by atoms with van der Waals surface area (Å²) >= 11 is 0. The molecule has 0 atom stereocenters. The van der Waals surface area contributed by atoms with Crippen molar-refractivity contribution in [3.63, 3.8) is 0 Å². The molecule has 0 saturated heterocycles. The molecule has 0 aliphatic rings. The van der Waals surface area contributed by atoms with E-state index in [-0.39, 0.29) is 23.4 Å². The number of ketones is 1. The van der Waals surface area contributed by atoms with E-state index in [1.54, 1.807) is 0 Å². The summed E-state index contributed by atoms with van der Waals surface area (Å²) in [6.07, 6.45) is 0. The Bertz CT molecular complexity index is 501. The fourth-order valence-electron chi connectivity index (χ4n) is 1.32. The normalized spacial score (nSPS) is 10.5. The summed E-state index contributed by atoms with van der Waals surface area (Å²) in [5.74, 6) is 5.58. The third-order valence-corrected chi connectivity index (χ3v) is 2.08. The second-order valence-corrected chi connectivity index (χ2v) is 5.04. The molecule has 0 aliphatic carbocycles. The molecule has 0 saturated carbocycles. The van der Waals surface area contributed by atoms with Gasteiger partial charge in [-0.1, -0.05) is 11.8 Å². The number of benzene rings is 1. The topological polar surface area (TPSA) is 26.3 Å². The maximum Gasteiger partial charge on any atom is 0.163 e. The van der Waals surface area contributed by atoms with Crippen LogP contribution in [0.15, 0.2) is 18.2 Å². The molecule has 2 nitrogen and oxygen atoms in total. The highest BCUT2D eigenvalue weighted by atomic mass is 19.1. The molecule has 0 radical (unpaired) electrons. The molecule has 0 bridgehead atoms. The standard InChI is InChI=1S/C15H17FO2/c1-11(17)13-10-12(16)6-7-14(13)18-9-5-8-15(2,3)4/h6-7,10H,9H2,1-4H3. The summed E-state index contributed by atoms with van der Waals surface area (Å²) in [5, 5.41) is 0. The molecule has 0 aliphatic heterocycles. The Morgan fingerprint density at radius 3 is 2.61 bits per heavy atom. The number of ether oxygens (including phenoxy) is 1. The summed E-state index contributed by atoms with van der Waals surface area (Å²) in [5.41, 5.74) is 0.155. The minimum absolute atomic E-state index is 0.0877.